The van der Waals surface area contributed by atoms with Crippen molar-refractivity contribution in [1.82, 2.24) is 9.55 Å². The molecular formula is C43H28BN2S. The summed E-state index contributed by atoms with van der Waals surface area (Å²) in [6, 6.07) is 47.1. The Morgan fingerprint density at radius 1 is 0.638 bits per heavy atom. The second-order valence-electron chi connectivity index (χ2n) is 13.6. The molecule has 0 spiro atoms. The van der Waals surface area contributed by atoms with E-state index in [0.717, 1.165) is 0 Å². The van der Waals surface area contributed by atoms with Gasteiger partial charge in [0.1, 0.15) is 0 Å². The maximum Gasteiger partial charge on any atom is 0.197 e. The molecular weight excluding hydrogens is 587 g/mol. The molecule has 11 rings (SSSR count). The number of nitrogens with one attached hydrogen (secondary N) is 1. The Hall–Kier alpha value is -5.32. The number of aromatic amines is 1. The van der Waals surface area contributed by atoms with Crippen molar-refractivity contribution >= 4 is 71.7 Å². The fraction of sp³-hybridized carbons (Fsp3) is 0.0698. The molecule has 47 heavy (non-hydrogen) atoms. The summed E-state index contributed by atoms with van der Waals surface area (Å²) < 4.78 is 5.27. The normalized spacial score (nSPS) is 14.1. The minimum atomic E-state index is -0.148. The van der Waals surface area contributed by atoms with E-state index in [1.807, 2.05) is 11.3 Å². The highest BCUT2D eigenvalue weighted by Crippen LogP contribution is 2.54. The molecule has 2 nitrogen and oxygen atoms in total. The lowest BCUT2D eigenvalue weighted by atomic mass is 9.58. The van der Waals surface area contributed by atoms with Crippen molar-refractivity contribution in [2.75, 3.05) is 0 Å². The standard InChI is InChI=1S/C43H28BN2S/c1-43(2)32-19-8-6-14-27(32)36-29-17-11-20-33-40(29)46(42(36)43)34-23-25(24-12-4-3-5-13-24)22-31(37(34)44-33)26-16-10-18-30-38(26)45-39-28-15-7-9-21-35(28)47-41(30)39/h3-23,45H,1-2H3. The lowest BCUT2D eigenvalue weighted by Gasteiger charge is -2.30. The van der Waals surface area contributed by atoms with Crippen LogP contribution in [-0.2, 0) is 5.41 Å². The molecule has 0 atom stereocenters. The Labute approximate surface area is 277 Å². The van der Waals surface area contributed by atoms with E-state index >= 15 is 0 Å². The van der Waals surface area contributed by atoms with Crippen LogP contribution in [0.25, 0.3) is 81.2 Å². The number of H-pyrrole nitrogens is 1. The number of hydrogen-bond donors (Lipinski definition) is 1. The van der Waals surface area contributed by atoms with Crippen LogP contribution in [0.4, 0.5) is 0 Å². The Morgan fingerprint density at radius 2 is 1.38 bits per heavy atom. The molecule has 0 saturated carbocycles. The number of thiophene rings is 1. The zero-order valence-corrected chi connectivity index (χ0v) is 26.9. The molecule has 4 heteroatoms. The molecule has 3 aromatic heterocycles. The highest BCUT2D eigenvalue weighted by atomic mass is 32.1. The van der Waals surface area contributed by atoms with Gasteiger partial charge in [-0.3, -0.25) is 0 Å². The van der Waals surface area contributed by atoms with E-state index in [4.69, 9.17) is 0 Å². The largest absolute Gasteiger partial charge is 0.353 e. The van der Waals surface area contributed by atoms with Crippen LogP contribution in [-0.4, -0.2) is 16.8 Å². The quantitative estimate of drug-likeness (QED) is 0.187. The summed E-state index contributed by atoms with van der Waals surface area (Å²) in [4.78, 5) is 3.92. The van der Waals surface area contributed by atoms with Crippen LogP contribution < -0.4 is 10.9 Å². The molecule has 1 N–H and O–H groups in total. The number of rotatable bonds is 2. The molecule has 1 radical (unpaired) electrons. The van der Waals surface area contributed by atoms with Gasteiger partial charge in [0.2, 0.25) is 0 Å². The van der Waals surface area contributed by atoms with Crippen LogP contribution in [0.3, 0.4) is 0 Å². The number of fused-ring (bicyclic) bond motifs is 12. The molecule has 1 aliphatic heterocycles. The molecule has 0 bridgehead atoms. The monoisotopic (exact) mass is 615 g/mol. The Morgan fingerprint density at radius 3 is 2.30 bits per heavy atom. The first kappa shape index (κ1) is 25.8. The van der Waals surface area contributed by atoms with Crippen molar-refractivity contribution < 1.29 is 0 Å². The summed E-state index contributed by atoms with van der Waals surface area (Å²) in [7, 11) is 2.44. The third kappa shape index (κ3) is 3.26. The van der Waals surface area contributed by atoms with E-state index in [-0.39, 0.29) is 5.41 Å². The molecule has 0 fully saturated rings. The van der Waals surface area contributed by atoms with Crippen molar-refractivity contribution in [2.45, 2.75) is 19.3 Å². The predicted molar refractivity (Wildman–Crippen MR) is 201 cm³/mol. The van der Waals surface area contributed by atoms with Crippen LogP contribution >= 0.6 is 11.3 Å². The Balaban J connectivity index is 1.27. The fourth-order valence-electron chi connectivity index (χ4n) is 8.69. The molecule has 9 aromatic rings. The third-order valence-corrected chi connectivity index (χ3v) is 11.9. The van der Waals surface area contributed by atoms with E-state index in [1.165, 1.54) is 103 Å². The summed E-state index contributed by atoms with van der Waals surface area (Å²) in [5, 5.41) is 3.92. The zero-order valence-electron chi connectivity index (χ0n) is 26.1. The van der Waals surface area contributed by atoms with Gasteiger partial charge in [0.05, 0.1) is 15.7 Å². The van der Waals surface area contributed by atoms with Gasteiger partial charge >= 0.3 is 0 Å². The van der Waals surface area contributed by atoms with E-state index < -0.39 is 0 Å². The summed E-state index contributed by atoms with van der Waals surface area (Å²) in [5.41, 5.74) is 17.9. The number of benzene rings is 6. The zero-order chi connectivity index (χ0) is 31.0. The number of aromatic nitrogens is 2. The average molecular weight is 616 g/mol. The van der Waals surface area contributed by atoms with E-state index in [9.17, 15) is 0 Å². The van der Waals surface area contributed by atoms with Crippen molar-refractivity contribution in [1.29, 1.82) is 0 Å². The Bertz CT molecular complexity index is 2790. The van der Waals surface area contributed by atoms with Gasteiger partial charge in [0.15, 0.2) is 7.28 Å². The minimum Gasteiger partial charge on any atom is -0.353 e. The lowest BCUT2D eigenvalue weighted by Crippen LogP contribution is -2.38. The summed E-state index contributed by atoms with van der Waals surface area (Å²) >= 11 is 1.88. The fourth-order valence-corrected chi connectivity index (χ4v) is 9.88. The van der Waals surface area contributed by atoms with Gasteiger partial charge < -0.3 is 9.55 Å². The highest BCUT2D eigenvalue weighted by Gasteiger charge is 2.42. The first-order chi connectivity index (χ1) is 23.1. The van der Waals surface area contributed by atoms with E-state index in [1.54, 1.807) is 0 Å². The number of nitrogens with zero attached hydrogens (tertiary/aromatic N) is 1. The summed E-state index contributed by atoms with van der Waals surface area (Å²) in [5.74, 6) is 0. The second kappa shape index (κ2) is 8.93. The van der Waals surface area contributed by atoms with Crippen molar-refractivity contribution in [2.24, 2.45) is 0 Å². The first-order valence-corrected chi connectivity index (χ1v) is 17.2. The van der Waals surface area contributed by atoms with E-state index in [2.05, 4.69) is 158 Å². The van der Waals surface area contributed by atoms with Gasteiger partial charge in [-0.1, -0.05) is 129 Å². The van der Waals surface area contributed by atoms with Crippen molar-refractivity contribution in [3.8, 4) is 39.1 Å². The molecule has 0 amide bonds. The van der Waals surface area contributed by atoms with E-state index in [0.29, 0.717) is 0 Å². The van der Waals surface area contributed by atoms with Crippen LogP contribution in [0.15, 0.2) is 127 Å². The summed E-state index contributed by atoms with van der Waals surface area (Å²) in [6.45, 7) is 4.80. The highest BCUT2D eigenvalue weighted by molar-refractivity contribution is 7.26. The number of hydrogen-bond acceptors (Lipinski definition) is 1. The maximum atomic E-state index is 3.92. The topological polar surface area (TPSA) is 20.7 Å². The van der Waals surface area contributed by atoms with Gasteiger partial charge in [-0.2, -0.15) is 0 Å². The maximum absolute atomic E-state index is 3.92. The SMILES string of the molecule is CC1(C)c2ccccc2-c2c1n1c3c(cccc23)[B]c2c(-c3cccc4c3[nH]c3c5ccccc5sc43)cc(-c3ccccc3)cc2-1. The molecule has 2 aliphatic rings. The van der Waals surface area contributed by atoms with Crippen molar-refractivity contribution in [3.63, 3.8) is 0 Å². The van der Waals surface area contributed by atoms with Gasteiger partial charge in [-0.15, -0.1) is 11.3 Å². The second-order valence-corrected chi connectivity index (χ2v) is 14.6. The molecule has 0 unspecified atom stereocenters. The Kier molecular flexibility index (Phi) is 4.91. The molecule has 0 saturated heterocycles. The van der Waals surface area contributed by atoms with Crippen molar-refractivity contribution in [3.05, 3.63) is 139 Å². The first-order valence-electron chi connectivity index (χ1n) is 16.4. The average Bonchev–Trinajstić information content (AvgIpc) is 3.83. The third-order valence-electron chi connectivity index (χ3n) is 10.7. The van der Waals surface area contributed by atoms with Gasteiger partial charge in [0.25, 0.3) is 0 Å². The molecule has 219 valence electrons. The molecule has 6 aromatic carbocycles. The molecule has 4 heterocycles. The summed E-state index contributed by atoms with van der Waals surface area (Å²) in [6.07, 6.45) is 0. The number of para-hydroxylation sites is 2. The van der Waals surface area contributed by atoms with Crippen LogP contribution in [0.2, 0.25) is 0 Å². The van der Waals surface area contributed by atoms with Gasteiger partial charge in [0, 0.05) is 54.3 Å². The van der Waals surface area contributed by atoms with Gasteiger partial charge in [-0.25, -0.2) is 0 Å². The predicted octanol–water partition coefficient (Wildman–Crippen LogP) is 10.1. The molecule has 1 aliphatic carbocycles. The minimum absolute atomic E-state index is 0.148. The van der Waals surface area contributed by atoms with Gasteiger partial charge in [-0.05, 0) is 51.5 Å². The van der Waals surface area contributed by atoms with Crippen LogP contribution in [0.1, 0.15) is 25.1 Å². The van der Waals surface area contributed by atoms with Crippen LogP contribution in [0.5, 0.6) is 0 Å². The smallest absolute Gasteiger partial charge is 0.197 e. The lowest BCUT2D eigenvalue weighted by molar-refractivity contribution is 0.624. The van der Waals surface area contributed by atoms with Crippen LogP contribution in [0, 0.1) is 0 Å².